The fraction of sp³-hybridized carbons (Fsp3) is 0.381. The summed E-state index contributed by atoms with van der Waals surface area (Å²) in [5, 5.41) is 14.0. The molecule has 9 heteroatoms. The first-order valence-electron chi connectivity index (χ1n) is 10.1. The van der Waals surface area contributed by atoms with E-state index in [-0.39, 0.29) is 30.0 Å². The van der Waals surface area contributed by atoms with E-state index in [4.69, 9.17) is 9.47 Å². The van der Waals surface area contributed by atoms with E-state index in [1.54, 1.807) is 6.07 Å². The number of hydrogen-bond acceptors (Lipinski definition) is 5. The molecule has 0 saturated carbocycles. The Hall–Kier alpha value is -3.17. The number of quaternary nitrogens is 2. The highest BCUT2D eigenvalue weighted by Gasteiger charge is 2.31. The van der Waals surface area contributed by atoms with Crippen LogP contribution in [0, 0.1) is 10.1 Å². The van der Waals surface area contributed by atoms with E-state index >= 15 is 0 Å². The molecule has 0 aliphatic carbocycles. The first-order chi connectivity index (χ1) is 14.5. The summed E-state index contributed by atoms with van der Waals surface area (Å²) < 4.78 is 11.0. The van der Waals surface area contributed by atoms with Crippen LogP contribution in [0.5, 0.6) is 11.5 Å². The smallest absolute Gasteiger partial charge is 0.270 e. The fourth-order valence-electron chi connectivity index (χ4n) is 4.03. The molecule has 1 fully saturated rings. The lowest BCUT2D eigenvalue weighted by molar-refractivity contribution is -1.02. The van der Waals surface area contributed by atoms with Gasteiger partial charge in [0.15, 0.2) is 11.5 Å². The van der Waals surface area contributed by atoms with Gasteiger partial charge in [-0.2, -0.15) is 0 Å². The number of non-ortho nitro benzene ring substituents is 1. The minimum Gasteiger partial charge on any atom is -0.454 e. The van der Waals surface area contributed by atoms with Crippen molar-refractivity contribution in [3.05, 3.63) is 63.7 Å². The van der Waals surface area contributed by atoms with Crippen molar-refractivity contribution in [2.45, 2.75) is 6.04 Å². The van der Waals surface area contributed by atoms with Crippen LogP contribution in [0.4, 0.5) is 5.69 Å². The number of nitrogens with one attached hydrogen (secondary N) is 3. The van der Waals surface area contributed by atoms with Gasteiger partial charge in [-0.25, -0.2) is 0 Å². The SMILES string of the molecule is C[NH+]1CC[NH+]([C@@H](CNC(=O)c2cccc([N+](=O)[O-])c2)c2ccc3c(c2)OCO3)CC1. The van der Waals surface area contributed by atoms with Crippen LogP contribution in [0.3, 0.4) is 0 Å². The average molecular weight is 414 g/mol. The van der Waals surface area contributed by atoms with E-state index in [1.807, 2.05) is 18.2 Å². The van der Waals surface area contributed by atoms with Crippen LogP contribution in [-0.4, -0.2) is 57.4 Å². The van der Waals surface area contributed by atoms with Crippen molar-refractivity contribution in [2.75, 3.05) is 46.6 Å². The van der Waals surface area contributed by atoms with Crippen LogP contribution in [0.1, 0.15) is 22.0 Å². The molecule has 4 rings (SSSR count). The van der Waals surface area contributed by atoms with Crippen LogP contribution in [0.25, 0.3) is 0 Å². The van der Waals surface area contributed by atoms with Gasteiger partial charge in [-0.1, -0.05) is 6.07 Å². The summed E-state index contributed by atoms with van der Waals surface area (Å²) in [6.45, 7) is 4.77. The number of ether oxygens (including phenoxy) is 2. The second-order valence-corrected chi connectivity index (χ2v) is 7.80. The Bertz CT molecular complexity index is 943. The molecule has 2 aromatic rings. The lowest BCUT2D eigenvalue weighted by atomic mass is 10.0. The number of piperazine rings is 1. The van der Waals surface area contributed by atoms with Gasteiger partial charge in [0.05, 0.1) is 18.5 Å². The molecule has 1 saturated heterocycles. The predicted molar refractivity (Wildman–Crippen MR) is 108 cm³/mol. The number of nitrogens with zero attached hydrogens (tertiary/aromatic N) is 1. The zero-order valence-corrected chi connectivity index (χ0v) is 16.8. The second kappa shape index (κ2) is 8.68. The molecule has 2 aromatic carbocycles. The Kier molecular flexibility index (Phi) is 5.82. The highest BCUT2D eigenvalue weighted by molar-refractivity contribution is 5.94. The normalized spacial score (nSPS) is 21.1. The van der Waals surface area contributed by atoms with E-state index in [9.17, 15) is 14.9 Å². The summed E-state index contributed by atoms with van der Waals surface area (Å²) >= 11 is 0. The second-order valence-electron chi connectivity index (χ2n) is 7.80. The molecule has 0 radical (unpaired) electrons. The molecule has 0 aromatic heterocycles. The van der Waals surface area contributed by atoms with Gasteiger partial charge in [-0.15, -0.1) is 0 Å². The van der Waals surface area contributed by atoms with Gasteiger partial charge in [0.25, 0.3) is 11.6 Å². The third-order valence-corrected chi connectivity index (χ3v) is 5.82. The van der Waals surface area contributed by atoms with Crippen LogP contribution in [0.2, 0.25) is 0 Å². The number of nitro benzene ring substituents is 1. The Balaban J connectivity index is 1.52. The van der Waals surface area contributed by atoms with Crippen LogP contribution in [0.15, 0.2) is 42.5 Å². The lowest BCUT2D eigenvalue weighted by Gasteiger charge is -2.33. The summed E-state index contributed by atoms with van der Waals surface area (Å²) in [5.41, 5.74) is 1.27. The zero-order valence-electron chi connectivity index (χ0n) is 16.8. The summed E-state index contributed by atoms with van der Waals surface area (Å²) in [7, 11) is 2.19. The van der Waals surface area contributed by atoms with Gasteiger partial charge >= 0.3 is 0 Å². The third kappa shape index (κ3) is 4.37. The summed E-state index contributed by atoms with van der Waals surface area (Å²) in [4.78, 5) is 26.1. The van der Waals surface area contributed by atoms with E-state index in [2.05, 4.69) is 12.4 Å². The van der Waals surface area contributed by atoms with E-state index in [0.29, 0.717) is 6.54 Å². The highest BCUT2D eigenvalue weighted by Crippen LogP contribution is 2.33. The molecule has 2 aliphatic rings. The maximum atomic E-state index is 12.7. The van der Waals surface area contributed by atoms with Crippen molar-refractivity contribution in [1.29, 1.82) is 0 Å². The largest absolute Gasteiger partial charge is 0.454 e. The lowest BCUT2D eigenvalue weighted by Crippen LogP contribution is -3.27. The maximum absolute atomic E-state index is 12.7. The van der Waals surface area contributed by atoms with Crippen molar-refractivity contribution >= 4 is 11.6 Å². The highest BCUT2D eigenvalue weighted by atomic mass is 16.7. The summed E-state index contributed by atoms with van der Waals surface area (Å²) in [6.07, 6.45) is 0. The Morgan fingerprint density at radius 3 is 2.67 bits per heavy atom. The van der Waals surface area contributed by atoms with Crippen molar-refractivity contribution in [2.24, 2.45) is 0 Å². The number of nitro groups is 1. The average Bonchev–Trinajstić information content (AvgIpc) is 3.23. The van der Waals surface area contributed by atoms with E-state index in [0.717, 1.165) is 43.2 Å². The van der Waals surface area contributed by atoms with Crippen LogP contribution < -0.4 is 24.6 Å². The predicted octanol–water partition coefficient (Wildman–Crippen LogP) is -0.792. The van der Waals surface area contributed by atoms with Crippen molar-refractivity contribution in [3.63, 3.8) is 0 Å². The number of rotatable bonds is 6. The van der Waals surface area contributed by atoms with Gasteiger partial charge in [0.1, 0.15) is 32.2 Å². The number of hydrogen-bond donors (Lipinski definition) is 3. The number of fused-ring (bicyclic) bond motifs is 1. The molecule has 2 aliphatic heterocycles. The minimum absolute atomic E-state index is 0.0512. The first-order valence-corrected chi connectivity index (χ1v) is 10.1. The molecule has 1 atom stereocenters. The van der Waals surface area contributed by atoms with Crippen molar-refractivity contribution < 1.29 is 29.0 Å². The topological polar surface area (TPSA) is 99.6 Å². The molecule has 0 spiro atoms. The van der Waals surface area contributed by atoms with Gasteiger partial charge in [-0.3, -0.25) is 14.9 Å². The molecular formula is C21H26N4O5+2. The van der Waals surface area contributed by atoms with Gasteiger partial charge in [0, 0.05) is 23.3 Å². The standard InChI is InChI=1S/C21H24N4O5/c1-23-7-9-24(10-8-23)18(15-5-6-19-20(12-15)30-14-29-19)13-22-21(26)16-3-2-4-17(11-16)25(27)28/h2-6,11-12,18H,7-10,13-14H2,1H3,(H,22,26)/p+2/t18-/m0/s1. The number of amides is 1. The van der Waals surface area contributed by atoms with Crippen LogP contribution >= 0.6 is 0 Å². The minimum atomic E-state index is -0.497. The molecule has 9 nitrogen and oxygen atoms in total. The molecule has 3 N–H and O–H groups in total. The number of benzene rings is 2. The van der Waals surface area contributed by atoms with E-state index in [1.165, 1.54) is 28.0 Å². The number of likely N-dealkylation sites (N-methyl/N-ethyl adjacent to an activating group) is 1. The fourth-order valence-corrected chi connectivity index (χ4v) is 4.03. The molecule has 2 heterocycles. The molecule has 158 valence electrons. The first kappa shape index (κ1) is 20.1. The van der Waals surface area contributed by atoms with Crippen LogP contribution in [-0.2, 0) is 0 Å². The van der Waals surface area contributed by atoms with Crippen molar-refractivity contribution in [3.8, 4) is 11.5 Å². The molecule has 30 heavy (non-hydrogen) atoms. The summed E-state index contributed by atoms with van der Waals surface area (Å²) in [6, 6.07) is 11.8. The van der Waals surface area contributed by atoms with Gasteiger partial charge < -0.3 is 24.6 Å². The number of carbonyl (C=O) groups is 1. The summed E-state index contributed by atoms with van der Waals surface area (Å²) in [5.74, 6) is 1.14. The Labute approximate surface area is 174 Å². The molecule has 0 unspecified atom stereocenters. The Morgan fingerprint density at radius 1 is 1.13 bits per heavy atom. The number of carbonyl (C=O) groups excluding carboxylic acids is 1. The molecule has 0 bridgehead atoms. The van der Waals surface area contributed by atoms with Gasteiger partial charge in [-0.05, 0) is 24.3 Å². The zero-order chi connectivity index (χ0) is 21.1. The molecule has 1 amide bonds. The van der Waals surface area contributed by atoms with E-state index < -0.39 is 4.92 Å². The monoisotopic (exact) mass is 414 g/mol. The maximum Gasteiger partial charge on any atom is 0.270 e. The van der Waals surface area contributed by atoms with Gasteiger partial charge in [0.2, 0.25) is 6.79 Å². The quantitative estimate of drug-likeness (QED) is 0.425. The van der Waals surface area contributed by atoms with Crippen molar-refractivity contribution in [1.82, 2.24) is 5.32 Å². The Morgan fingerprint density at radius 2 is 1.90 bits per heavy atom. The molecular weight excluding hydrogens is 388 g/mol. The third-order valence-electron chi connectivity index (χ3n) is 5.82.